The number of thiazole rings is 1. The van der Waals surface area contributed by atoms with Gasteiger partial charge in [0.15, 0.2) is 0 Å². The maximum absolute atomic E-state index is 10.6. The molecule has 2 rings (SSSR count). The van der Waals surface area contributed by atoms with E-state index in [1.54, 1.807) is 0 Å². The molecule has 0 bridgehead atoms. The molecule has 1 fully saturated rings. The topological polar surface area (TPSA) is 62.2 Å². The van der Waals surface area contributed by atoms with Crippen molar-refractivity contribution in [3.63, 3.8) is 0 Å². The number of rotatable bonds is 4. The van der Waals surface area contributed by atoms with Crippen LogP contribution in [0.4, 0.5) is 0 Å². The van der Waals surface area contributed by atoms with E-state index in [9.17, 15) is 4.79 Å². The highest BCUT2D eigenvalue weighted by Crippen LogP contribution is 2.19. The lowest BCUT2D eigenvalue weighted by Gasteiger charge is -2.09. The number of aromatic carboxylic acids is 1. The van der Waals surface area contributed by atoms with Gasteiger partial charge in [-0.2, -0.15) is 0 Å². The van der Waals surface area contributed by atoms with Crippen molar-refractivity contribution in [2.45, 2.75) is 38.3 Å². The maximum Gasteiger partial charge on any atom is 0.347 e. The zero-order chi connectivity index (χ0) is 10.7. The Labute approximate surface area is 92.3 Å². The first-order valence-electron chi connectivity index (χ1n) is 5.17. The summed E-state index contributed by atoms with van der Waals surface area (Å²) in [4.78, 5) is 15.0. The molecule has 5 heteroatoms. The Kier molecular flexibility index (Phi) is 3.33. The third-order valence-corrected chi connectivity index (χ3v) is 3.65. The summed E-state index contributed by atoms with van der Waals surface area (Å²) in [5.74, 6) is -0.889. The SMILES string of the molecule is O=C(O)c1cnc(CNC2CCCC2)s1. The van der Waals surface area contributed by atoms with Crippen molar-refractivity contribution in [1.29, 1.82) is 0 Å². The molecule has 0 radical (unpaired) electrons. The van der Waals surface area contributed by atoms with E-state index < -0.39 is 5.97 Å². The maximum atomic E-state index is 10.6. The number of hydrogen-bond acceptors (Lipinski definition) is 4. The van der Waals surface area contributed by atoms with Crippen LogP contribution in [0.25, 0.3) is 0 Å². The first-order valence-corrected chi connectivity index (χ1v) is 5.99. The summed E-state index contributed by atoms with van der Waals surface area (Å²) < 4.78 is 0. The molecule has 1 aliphatic rings. The lowest BCUT2D eigenvalue weighted by atomic mass is 10.2. The van der Waals surface area contributed by atoms with Gasteiger partial charge in [-0.3, -0.25) is 0 Å². The van der Waals surface area contributed by atoms with Crippen molar-refractivity contribution in [3.8, 4) is 0 Å². The smallest absolute Gasteiger partial charge is 0.347 e. The van der Waals surface area contributed by atoms with Gasteiger partial charge in [0.1, 0.15) is 9.88 Å². The number of nitrogens with one attached hydrogen (secondary N) is 1. The van der Waals surface area contributed by atoms with Crippen molar-refractivity contribution in [2.75, 3.05) is 0 Å². The van der Waals surface area contributed by atoms with E-state index in [0.717, 1.165) is 5.01 Å². The summed E-state index contributed by atoms with van der Waals surface area (Å²) in [6, 6.07) is 0.599. The average molecular weight is 226 g/mol. The van der Waals surface area contributed by atoms with Crippen molar-refractivity contribution in [3.05, 3.63) is 16.1 Å². The van der Waals surface area contributed by atoms with Gasteiger partial charge in [-0.25, -0.2) is 9.78 Å². The van der Waals surface area contributed by atoms with E-state index in [2.05, 4.69) is 10.3 Å². The van der Waals surface area contributed by atoms with Crippen LogP contribution in [-0.2, 0) is 6.54 Å². The number of carboxylic acid groups (broad SMARTS) is 1. The first-order chi connectivity index (χ1) is 7.25. The van der Waals surface area contributed by atoms with E-state index in [-0.39, 0.29) is 0 Å². The third kappa shape index (κ3) is 2.76. The van der Waals surface area contributed by atoms with Gasteiger partial charge in [-0.1, -0.05) is 12.8 Å². The van der Waals surface area contributed by atoms with Gasteiger partial charge in [0.25, 0.3) is 0 Å². The van der Waals surface area contributed by atoms with Crippen molar-refractivity contribution in [2.24, 2.45) is 0 Å². The zero-order valence-corrected chi connectivity index (χ0v) is 9.22. The van der Waals surface area contributed by atoms with E-state index in [4.69, 9.17) is 5.11 Å². The van der Waals surface area contributed by atoms with Crippen LogP contribution in [0.3, 0.4) is 0 Å². The van der Waals surface area contributed by atoms with Crippen molar-refractivity contribution in [1.82, 2.24) is 10.3 Å². The largest absolute Gasteiger partial charge is 0.477 e. The molecule has 82 valence electrons. The van der Waals surface area contributed by atoms with Crippen LogP contribution in [0, 0.1) is 0 Å². The summed E-state index contributed by atoms with van der Waals surface area (Å²) in [6.45, 7) is 0.697. The van der Waals surface area contributed by atoms with Crippen LogP contribution in [-0.4, -0.2) is 22.1 Å². The molecule has 1 aromatic heterocycles. The summed E-state index contributed by atoms with van der Waals surface area (Å²) >= 11 is 1.25. The molecule has 4 nitrogen and oxygen atoms in total. The summed E-state index contributed by atoms with van der Waals surface area (Å²) in [5, 5.41) is 13.0. The highest BCUT2D eigenvalue weighted by Gasteiger charge is 2.15. The minimum Gasteiger partial charge on any atom is -0.477 e. The van der Waals surface area contributed by atoms with Gasteiger partial charge in [-0.05, 0) is 12.8 Å². The fourth-order valence-electron chi connectivity index (χ4n) is 1.85. The lowest BCUT2D eigenvalue weighted by Crippen LogP contribution is -2.25. The van der Waals surface area contributed by atoms with Gasteiger partial charge < -0.3 is 10.4 Å². The van der Waals surface area contributed by atoms with Gasteiger partial charge in [0.2, 0.25) is 0 Å². The van der Waals surface area contributed by atoms with Crippen LogP contribution in [0.5, 0.6) is 0 Å². The molecule has 2 N–H and O–H groups in total. The molecule has 0 spiro atoms. The molecule has 1 aliphatic carbocycles. The van der Waals surface area contributed by atoms with Crippen LogP contribution in [0.2, 0.25) is 0 Å². The number of carbonyl (C=O) groups is 1. The van der Waals surface area contributed by atoms with Crippen LogP contribution in [0.1, 0.15) is 40.4 Å². The normalized spacial score (nSPS) is 17.1. The number of carboxylic acids is 1. The first kappa shape index (κ1) is 10.6. The fourth-order valence-corrected chi connectivity index (χ4v) is 2.56. The number of aromatic nitrogens is 1. The Balaban J connectivity index is 1.84. The van der Waals surface area contributed by atoms with Crippen LogP contribution in [0.15, 0.2) is 6.20 Å². The summed E-state index contributed by atoms with van der Waals surface area (Å²) in [6.07, 6.45) is 6.50. The van der Waals surface area contributed by atoms with E-state index >= 15 is 0 Å². The molecule has 0 amide bonds. The predicted molar refractivity (Wildman–Crippen MR) is 58.2 cm³/mol. The van der Waals surface area contributed by atoms with E-state index in [1.807, 2.05) is 0 Å². The van der Waals surface area contributed by atoms with Gasteiger partial charge >= 0.3 is 5.97 Å². The van der Waals surface area contributed by atoms with Crippen molar-refractivity contribution < 1.29 is 9.90 Å². The average Bonchev–Trinajstić information content (AvgIpc) is 2.86. The van der Waals surface area contributed by atoms with Gasteiger partial charge in [0.05, 0.1) is 6.20 Å². The molecular formula is C10H14N2O2S. The molecule has 0 unspecified atom stereocenters. The molecule has 0 atom stereocenters. The zero-order valence-electron chi connectivity index (χ0n) is 8.40. The third-order valence-electron chi connectivity index (χ3n) is 2.66. The monoisotopic (exact) mass is 226 g/mol. The van der Waals surface area contributed by atoms with Crippen molar-refractivity contribution >= 4 is 17.3 Å². The quantitative estimate of drug-likeness (QED) is 0.822. The lowest BCUT2D eigenvalue weighted by molar-refractivity contribution is 0.0702. The predicted octanol–water partition coefficient (Wildman–Crippen LogP) is 1.87. The van der Waals surface area contributed by atoms with Crippen LogP contribution < -0.4 is 5.32 Å². The van der Waals surface area contributed by atoms with Gasteiger partial charge in [-0.15, -0.1) is 11.3 Å². The molecule has 0 aromatic carbocycles. The van der Waals surface area contributed by atoms with E-state index in [1.165, 1.54) is 43.2 Å². The summed E-state index contributed by atoms with van der Waals surface area (Å²) in [7, 11) is 0. The molecule has 0 saturated heterocycles. The fraction of sp³-hybridized carbons (Fsp3) is 0.600. The Bertz CT molecular complexity index is 345. The van der Waals surface area contributed by atoms with Crippen LogP contribution >= 0.6 is 11.3 Å². The second-order valence-electron chi connectivity index (χ2n) is 3.79. The standard InChI is InChI=1S/C10H14N2O2S/c13-10(14)8-5-12-9(15-8)6-11-7-3-1-2-4-7/h5,7,11H,1-4,6H2,(H,13,14). The molecule has 1 aromatic rings. The second kappa shape index (κ2) is 4.72. The summed E-state index contributed by atoms with van der Waals surface area (Å²) in [5.41, 5.74) is 0. The second-order valence-corrected chi connectivity index (χ2v) is 4.90. The van der Waals surface area contributed by atoms with E-state index in [0.29, 0.717) is 17.5 Å². The molecule has 15 heavy (non-hydrogen) atoms. The Morgan fingerprint density at radius 2 is 2.33 bits per heavy atom. The molecule has 1 heterocycles. The minimum atomic E-state index is -0.889. The highest BCUT2D eigenvalue weighted by atomic mass is 32.1. The number of hydrogen-bond donors (Lipinski definition) is 2. The Morgan fingerprint density at radius 3 is 2.93 bits per heavy atom. The Hall–Kier alpha value is -0.940. The highest BCUT2D eigenvalue weighted by molar-refractivity contribution is 7.13. The minimum absolute atomic E-state index is 0.318. The van der Waals surface area contributed by atoms with Gasteiger partial charge in [0, 0.05) is 12.6 Å². The molecule has 0 aliphatic heterocycles. The number of nitrogens with zero attached hydrogens (tertiary/aromatic N) is 1. The molecule has 1 saturated carbocycles. The molecular weight excluding hydrogens is 212 g/mol. The Morgan fingerprint density at radius 1 is 1.60 bits per heavy atom.